The van der Waals surface area contributed by atoms with Gasteiger partial charge in [0.25, 0.3) is 0 Å². The Labute approximate surface area is 227 Å². The number of ether oxygens (including phenoxy) is 2. The van der Waals surface area contributed by atoms with Gasteiger partial charge >= 0.3 is 0 Å². The maximum atomic E-state index is 15.0. The van der Waals surface area contributed by atoms with Gasteiger partial charge in [-0.25, -0.2) is 8.78 Å². The molecule has 0 bridgehead atoms. The molecule has 8 unspecified atom stereocenters. The van der Waals surface area contributed by atoms with Crippen molar-refractivity contribution in [1.29, 1.82) is 0 Å². The van der Waals surface area contributed by atoms with Crippen LogP contribution in [0.4, 0.5) is 13.2 Å². The van der Waals surface area contributed by atoms with E-state index in [1.54, 1.807) is 13.0 Å². The largest absolute Gasteiger partial charge is 0.389 e. The molecule has 0 aromatic carbocycles. The molecular formula is C31H49F3O4. The highest BCUT2D eigenvalue weighted by atomic mass is 19.1. The Morgan fingerprint density at radius 3 is 2.37 bits per heavy atom. The summed E-state index contributed by atoms with van der Waals surface area (Å²) in [6.07, 6.45) is 9.52. The van der Waals surface area contributed by atoms with Crippen molar-refractivity contribution < 1.29 is 32.9 Å². The van der Waals surface area contributed by atoms with Crippen LogP contribution in [0.1, 0.15) is 72.6 Å². The predicted octanol–water partition coefficient (Wildman–Crippen LogP) is 7.19. The van der Waals surface area contributed by atoms with E-state index in [1.165, 1.54) is 0 Å². The molecule has 7 heteroatoms. The van der Waals surface area contributed by atoms with Crippen LogP contribution in [0.3, 0.4) is 0 Å². The molecule has 0 fully saturated rings. The second-order valence-corrected chi connectivity index (χ2v) is 11.4. The first-order valence-electron chi connectivity index (χ1n) is 14.2. The van der Waals surface area contributed by atoms with Gasteiger partial charge in [-0.1, -0.05) is 49.5 Å². The smallest absolute Gasteiger partial charge is 0.161 e. The van der Waals surface area contributed by atoms with E-state index in [9.17, 15) is 19.0 Å². The summed E-state index contributed by atoms with van der Waals surface area (Å²) in [4.78, 5) is 0. The summed E-state index contributed by atoms with van der Waals surface area (Å²) in [6, 6.07) is 0. The van der Waals surface area contributed by atoms with E-state index in [1.807, 2.05) is 45.1 Å². The number of alkyl halides is 2. The van der Waals surface area contributed by atoms with Crippen LogP contribution in [0.15, 0.2) is 48.4 Å². The molecule has 0 amide bonds. The number of hydrogen-bond donors (Lipinski definition) is 2. The molecule has 0 radical (unpaired) electrons. The number of allylic oxidation sites excluding steroid dienone is 2. The van der Waals surface area contributed by atoms with Gasteiger partial charge in [0.15, 0.2) is 6.29 Å². The lowest BCUT2D eigenvalue weighted by molar-refractivity contribution is -0.153. The first kappa shape index (κ1) is 32.8. The van der Waals surface area contributed by atoms with E-state index in [0.29, 0.717) is 45.3 Å². The van der Waals surface area contributed by atoms with Crippen molar-refractivity contribution in [3.63, 3.8) is 0 Å². The molecule has 0 aliphatic heterocycles. The number of halogens is 3. The first-order chi connectivity index (χ1) is 18.0. The molecule has 0 saturated heterocycles. The van der Waals surface area contributed by atoms with Crippen LogP contribution in [0, 0.1) is 29.1 Å². The van der Waals surface area contributed by atoms with Gasteiger partial charge in [-0.15, -0.1) is 0 Å². The predicted molar refractivity (Wildman–Crippen MR) is 147 cm³/mol. The van der Waals surface area contributed by atoms with Gasteiger partial charge in [0.2, 0.25) is 0 Å². The summed E-state index contributed by atoms with van der Waals surface area (Å²) in [5.41, 5.74) is 0.278. The Morgan fingerprint density at radius 2 is 1.84 bits per heavy atom. The van der Waals surface area contributed by atoms with Crippen molar-refractivity contribution in [2.45, 2.75) is 97.3 Å². The highest BCUT2D eigenvalue weighted by Gasteiger charge is 2.41. The van der Waals surface area contributed by atoms with Gasteiger partial charge in [0.05, 0.1) is 19.4 Å². The molecule has 4 nitrogen and oxygen atoms in total. The Morgan fingerprint density at radius 1 is 1.16 bits per heavy atom. The zero-order valence-electron chi connectivity index (χ0n) is 23.6. The SMILES string of the molecule is C=C(F)C(C/C=C(\C)COCC)OC(O)C1C=CC([C@](C)(CCC(CF)C2C=CC(O)CC2)C(C)F)CC1. The molecule has 218 valence electrons. The van der Waals surface area contributed by atoms with Gasteiger partial charge in [0, 0.05) is 17.9 Å². The summed E-state index contributed by atoms with van der Waals surface area (Å²) in [5, 5.41) is 20.4. The van der Waals surface area contributed by atoms with Crippen molar-refractivity contribution in [1.82, 2.24) is 0 Å². The fraction of sp³-hybridized carbons (Fsp3) is 0.742. The maximum Gasteiger partial charge on any atom is 0.161 e. The van der Waals surface area contributed by atoms with Crippen molar-refractivity contribution in [3.8, 4) is 0 Å². The third-order valence-electron chi connectivity index (χ3n) is 8.62. The highest BCUT2D eigenvalue weighted by molar-refractivity contribution is 5.08. The zero-order valence-corrected chi connectivity index (χ0v) is 23.6. The molecule has 2 rings (SSSR count). The lowest BCUT2D eigenvalue weighted by Crippen LogP contribution is -2.38. The summed E-state index contributed by atoms with van der Waals surface area (Å²) < 4.78 is 54.0. The Balaban J connectivity index is 1.99. The van der Waals surface area contributed by atoms with E-state index in [2.05, 4.69) is 6.58 Å². The molecule has 9 atom stereocenters. The Kier molecular flexibility index (Phi) is 13.8. The van der Waals surface area contributed by atoms with Gasteiger partial charge in [0.1, 0.15) is 18.1 Å². The van der Waals surface area contributed by atoms with Crippen LogP contribution in [0.25, 0.3) is 0 Å². The minimum Gasteiger partial charge on any atom is -0.389 e. The third-order valence-corrected chi connectivity index (χ3v) is 8.62. The normalized spacial score (nSPS) is 28.9. The van der Waals surface area contributed by atoms with E-state index < -0.39 is 42.6 Å². The Hall–Kier alpha value is -1.41. The second-order valence-electron chi connectivity index (χ2n) is 11.4. The molecule has 0 heterocycles. The van der Waals surface area contributed by atoms with Crippen LogP contribution in [0.2, 0.25) is 0 Å². The van der Waals surface area contributed by atoms with E-state index in [4.69, 9.17) is 9.47 Å². The average molecular weight is 543 g/mol. The molecular weight excluding hydrogens is 493 g/mol. The molecule has 0 saturated carbocycles. The molecule has 0 aromatic heterocycles. The minimum atomic E-state index is -1.20. The molecule has 2 N–H and O–H groups in total. The van der Waals surface area contributed by atoms with Gasteiger partial charge in [-0.3, -0.25) is 4.39 Å². The van der Waals surface area contributed by atoms with Crippen molar-refractivity contribution in [2.75, 3.05) is 19.9 Å². The first-order valence-corrected chi connectivity index (χ1v) is 14.2. The minimum absolute atomic E-state index is 0.0639. The number of rotatable bonds is 16. The lowest BCUT2D eigenvalue weighted by atomic mass is 9.65. The standard InChI is InChI=1S/C31H49F3O4/c1-6-37-20-21(2)7-16-29(22(3)33)38-30(36)25-8-12-27(13-9-25)31(5,23(4)34)18-17-26(19-32)24-10-14-28(35)15-11-24/h7-8,10,12,14,23-30,35-36H,3,6,9,11,13,15-20H2,1-2,4-5H3/b21-7+/t23?,24?,25?,26?,27?,28?,29?,30?,31-/m1/s1. The van der Waals surface area contributed by atoms with E-state index in [0.717, 1.165) is 12.0 Å². The van der Waals surface area contributed by atoms with Crippen LogP contribution in [0.5, 0.6) is 0 Å². The lowest BCUT2D eigenvalue weighted by Gasteiger charge is -2.42. The number of hydrogen-bond acceptors (Lipinski definition) is 4. The Bertz CT molecular complexity index is 811. The fourth-order valence-corrected chi connectivity index (χ4v) is 5.59. The second kappa shape index (κ2) is 16.0. The van der Waals surface area contributed by atoms with Crippen molar-refractivity contribution in [2.24, 2.45) is 29.1 Å². The van der Waals surface area contributed by atoms with Gasteiger partial charge in [-0.2, -0.15) is 0 Å². The summed E-state index contributed by atoms with van der Waals surface area (Å²) in [7, 11) is 0. The van der Waals surface area contributed by atoms with Gasteiger partial charge < -0.3 is 19.7 Å². The van der Waals surface area contributed by atoms with Crippen LogP contribution >= 0.6 is 0 Å². The average Bonchev–Trinajstić information content (AvgIpc) is 2.90. The van der Waals surface area contributed by atoms with Crippen molar-refractivity contribution >= 4 is 0 Å². The summed E-state index contributed by atoms with van der Waals surface area (Å²) in [5.74, 6) is -1.17. The van der Waals surface area contributed by atoms with Gasteiger partial charge in [-0.05, 0) is 83.5 Å². The molecule has 38 heavy (non-hydrogen) atoms. The third kappa shape index (κ3) is 9.65. The topological polar surface area (TPSA) is 58.9 Å². The number of aliphatic hydroxyl groups is 2. The fourth-order valence-electron chi connectivity index (χ4n) is 5.59. The van der Waals surface area contributed by atoms with Crippen LogP contribution in [-0.4, -0.2) is 54.8 Å². The zero-order chi connectivity index (χ0) is 28.3. The molecule has 0 aromatic rings. The molecule has 2 aliphatic rings. The highest BCUT2D eigenvalue weighted by Crippen LogP contribution is 2.46. The van der Waals surface area contributed by atoms with E-state index >= 15 is 4.39 Å². The quantitative estimate of drug-likeness (QED) is 0.160. The molecule has 0 spiro atoms. The monoisotopic (exact) mass is 542 g/mol. The van der Waals surface area contributed by atoms with Crippen molar-refractivity contribution in [3.05, 3.63) is 48.4 Å². The number of aliphatic hydroxyl groups excluding tert-OH is 2. The van der Waals surface area contributed by atoms with Crippen LogP contribution < -0.4 is 0 Å². The maximum absolute atomic E-state index is 15.0. The van der Waals surface area contributed by atoms with Crippen LogP contribution in [-0.2, 0) is 9.47 Å². The summed E-state index contributed by atoms with van der Waals surface area (Å²) in [6.45, 7) is 11.2. The molecule has 2 aliphatic carbocycles. The summed E-state index contributed by atoms with van der Waals surface area (Å²) >= 11 is 0. The van der Waals surface area contributed by atoms with E-state index in [-0.39, 0.29) is 30.1 Å².